The summed E-state index contributed by atoms with van der Waals surface area (Å²) < 4.78 is 0. The van der Waals surface area contributed by atoms with Crippen LogP contribution < -0.4 is 20.3 Å². The van der Waals surface area contributed by atoms with Crippen LogP contribution >= 0.6 is 7.87 Å². The molecular weight excluding hydrogens is 421 g/mol. The fraction of sp³-hybridized carbons (Fsp3) is 0. The number of nitrogens with zero attached hydrogens (tertiary/aromatic N) is 1. The number of anilines is 4. The van der Waals surface area contributed by atoms with Crippen LogP contribution in [-0.2, 0) is 0 Å². The second kappa shape index (κ2) is 9.81. The summed E-state index contributed by atoms with van der Waals surface area (Å²) in [6.07, 6.45) is 0. The SMILES string of the molecule is O=[N+]([O-])c1cccc(N[P+](Nc2ccccc2)(Nc2ccccc2)Nc2ccccc2)c1. The molecule has 32 heavy (non-hydrogen) atoms. The van der Waals surface area contributed by atoms with Crippen molar-refractivity contribution in [3.63, 3.8) is 0 Å². The van der Waals surface area contributed by atoms with Gasteiger partial charge in [0, 0.05) is 12.1 Å². The molecule has 0 bridgehead atoms. The van der Waals surface area contributed by atoms with Crippen LogP contribution in [0.5, 0.6) is 0 Å². The van der Waals surface area contributed by atoms with Crippen molar-refractivity contribution >= 4 is 36.3 Å². The first-order valence-corrected chi connectivity index (χ1v) is 11.8. The molecule has 0 aliphatic rings. The van der Waals surface area contributed by atoms with Gasteiger partial charge >= 0.3 is 7.87 Å². The lowest BCUT2D eigenvalue weighted by molar-refractivity contribution is -0.384. The summed E-state index contributed by atoms with van der Waals surface area (Å²) in [7, 11) is -2.66. The summed E-state index contributed by atoms with van der Waals surface area (Å²) in [5.41, 5.74) is 3.32. The predicted octanol–water partition coefficient (Wildman–Crippen LogP) is 7.02. The van der Waals surface area contributed by atoms with Crippen LogP contribution in [0, 0.1) is 10.1 Å². The molecule has 0 fully saturated rings. The number of hydrogen-bond acceptors (Lipinski definition) is 6. The van der Waals surface area contributed by atoms with Gasteiger partial charge in [0.05, 0.1) is 27.7 Å². The Hall–Kier alpha value is -4.09. The van der Waals surface area contributed by atoms with Crippen molar-refractivity contribution in [3.8, 4) is 0 Å². The zero-order valence-corrected chi connectivity index (χ0v) is 18.1. The Bertz CT molecular complexity index is 1060. The highest BCUT2D eigenvalue weighted by Gasteiger charge is 2.41. The Morgan fingerprint density at radius 3 is 1.31 bits per heavy atom. The molecule has 0 radical (unpaired) electrons. The molecule has 0 atom stereocenters. The topological polar surface area (TPSA) is 91.3 Å². The number of nitro benzene ring substituents is 1. The van der Waals surface area contributed by atoms with Gasteiger partial charge in [0.25, 0.3) is 5.69 Å². The molecule has 8 heteroatoms. The van der Waals surface area contributed by atoms with Crippen LogP contribution in [0.2, 0.25) is 0 Å². The summed E-state index contributed by atoms with van der Waals surface area (Å²) >= 11 is 0. The number of hydrogen-bond donors (Lipinski definition) is 4. The van der Waals surface area contributed by atoms with Gasteiger partial charge in [-0.15, -0.1) is 0 Å². The molecule has 0 saturated carbocycles. The van der Waals surface area contributed by atoms with Crippen molar-refractivity contribution in [1.29, 1.82) is 0 Å². The van der Waals surface area contributed by atoms with Gasteiger partial charge in [-0.1, -0.05) is 60.7 Å². The maximum absolute atomic E-state index is 11.3. The van der Waals surface area contributed by atoms with Crippen LogP contribution in [0.4, 0.5) is 28.4 Å². The molecule has 0 spiro atoms. The van der Waals surface area contributed by atoms with Crippen molar-refractivity contribution in [3.05, 3.63) is 125 Å². The van der Waals surface area contributed by atoms with E-state index in [0.717, 1.165) is 17.1 Å². The minimum absolute atomic E-state index is 0.0206. The van der Waals surface area contributed by atoms with Gasteiger partial charge in [-0.3, -0.25) is 10.1 Å². The van der Waals surface area contributed by atoms with Gasteiger partial charge in [-0.2, -0.15) is 0 Å². The molecule has 4 rings (SSSR count). The van der Waals surface area contributed by atoms with Gasteiger partial charge in [-0.25, -0.2) is 20.3 Å². The molecule has 7 nitrogen and oxygen atoms in total. The van der Waals surface area contributed by atoms with E-state index in [1.165, 1.54) is 12.1 Å². The lowest BCUT2D eigenvalue weighted by atomic mass is 10.3. The fourth-order valence-corrected chi connectivity index (χ4v) is 5.64. The Morgan fingerprint density at radius 1 is 0.531 bits per heavy atom. The molecule has 0 unspecified atom stereocenters. The minimum Gasteiger partial charge on any atom is -0.258 e. The Morgan fingerprint density at radius 2 is 0.906 bits per heavy atom. The predicted molar refractivity (Wildman–Crippen MR) is 134 cm³/mol. The second-order valence-corrected chi connectivity index (χ2v) is 9.26. The quantitative estimate of drug-likeness (QED) is 0.126. The first-order chi connectivity index (χ1) is 15.6. The normalized spacial score (nSPS) is 10.8. The van der Waals surface area contributed by atoms with Gasteiger partial charge in [0.2, 0.25) is 0 Å². The molecule has 0 amide bonds. The van der Waals surface area contributed by atoms with E-state index < -0.39 is 12.8 Å². The summed E-state index contributed by atoms with van der Waals surface area (Å²) in [4.78, 5) is 10.9. The van der Waals surface area contributed by atoms with E-state index in [-0.39, 0.29) is 5.69 Å². The van der Waals surface area contributed by atoms with Crippen LogP contribution in [0.15, 0.2) is 115 Å². The van der Waals surface area contributed by atoms with Crippen molar-refractivity contribution in [2.24, 2.45) is 0 Å². The monoisotopic (exact) mass is 444 g/mol. The molecule has 0 aliphatic heterocycles. The average Bonchev–Trinajstić information content (AvgIpc) is 2.81. The molecule has 4 aromatic rings. The lowest BCUT2D eigenvalue weighted by Gasteiger charge is -2.29. The highest BCUT2D eigenvalue weighted by atomic mass is 31.2. The lowest BCUT2D eigenvalue weighted by Crippen LogP contribution is -2.27. The maximum atomic E-state index is 11.3. The smallest absolute Gasteiger partial charge is 0.258 e. The Labute approximate surface area is 187 Å². The maximum Gasteiger partial charge on any atom is 0.395 e. The van der Waals surface area contributed by atoms with Crippen LogP contribution in [0.1, 0.15) is 0 Å². The summed E-state index contributed by atoms with van der Waals surface area (Å²) in [6.45, 7) is 0. The van der Waals surface area contributed by atoms with E-state index in [0.29, 0.717) is 5.69 Å². The van der Waals surface area contributed by atoms with Gasteiger partial charge in [0.1, 0.15) is 0 Å². The van der Waals surface area contributed by atoms with Crippen molar-refractivity contribution in [2.45, 2.75) is 0 Å². The van der Waals surface area contributed by atoms with Crippen LogP contribution in [0.25, 0.3) is 0 Å². The van der Waals surface area contributed by atoms with Crippen molar-refractivity contribution in [2.75, 3.05) is 20.3 Å². The second-order valence-electron chi connectivity index (χ2n) is 7.02. The number of non-ortho nitro benzene ring substituents is 1. The molecule has 4 aromatic carbocycles. The first kappa shape index (κ1) is 21.2. The van der Waals surface area contributed by atoms with Crippen LogP contribution in [-0.4, -0.2) is 4.92 Å². The fourth-order valence-electron chi connectivity index (χ4n) is 3.17. The van der Waals surface area contributed by atoms with Crippen molar-refractivity contribution in [1.82, 2.24) is 0 Å². The first-order valence-electron chi connectivity index (χ1n) is 10.0. The number of rotatable bonds is 9. The van der Waals surface area contributed by atoms with Gasteiger partial charge < -0.3 is 0 Å². The van der Waals surface area contributed by atoms with E-state index in [2.05, 4.69) is 20.3 Å². The highest BCUT2D eigenvalue weighted by molar-refractivity contribution is 7.81. The molecule has 0 heterocycles. The third-order valence-corrected chi connectivity index (χ3v) is 6.94. The van der Waals surface area contributed by atoms with Crippen LogP contribution in [0.3, 0.4) is 0 Å². The Balaban J connectivity index is 1.78. The molecule has 4 N–H and O–H groups in total. The van der Waals surface area contributed by atoms with E-state index in [1.807, 2.05) is 97.1 Å². The summed E-state index contributed by atoms with van der Waals surface area (Å²) in [5.74, 6) is 0. The largest absolute Gasteiger partial charge is 0.395 e. The number of nitro groups is 1. The summed E-state index contributed by atoms with van der Waals surface area (Å²) in [6, 6.07) is 35.9. The minimum atomic E-state index is -2.66. The zero-order valence-electron chi connectivity index (χ0n) is 17.2. The molecule has 0 aromatic heterocycles. The third-order valence-electron chi connectivity index (χ3n) is 4.57. The highest BCUT2D eigenvalue weighted by Crippen LogP contribution is 2.56. The van der Waals surface area contributed by atoms with Gasteiger partial charge in [-0.05, 0) is 42.5 Å². The average molecular weight is 444 g/mol. The standard InChI is InChI=1S/C24H23N5O2P/c30-29(31)24-18-10-17-23(19-24)28-32(25-20-11-4-1-5-12-20,26-21-13-6-2-7-14-21)27-22-15-8-3-9-16-22/h1-19,25-28H/q+1. The molecular formula is C24H23N5O2P+. The van der Waals surface area contributed by atoms with Gasteiger partial charge in [0.15, 0.2) is 0 Å². The van der Waals surface area contributed by atoms with Crippen molar-refractivity contribution < 1.29 is 4.92 Å². The van der Waals surface area contributed by atoms with E-state index >= 15 is 0 Å². The summed E-state index contributed by atoms with van der Waals surface area (Å²) in [5, 5.41) is 25.6. The van der Waals surface area contributed by atoms with E-state index in [4.69, 9.17) is 0 Å². The molecule has 0 saturated heterocycles. The van der Waals surface area contributed by atoms with E-state index in [1.54, 1.807) is 6.07 Å². The zero-order chi connectivity index (χ0) is 22.2. The number of para-hydroxylation sites is 3. The number of nitrogens with one attached hydrogen (secondary N) is 4. The molecule has 0 aliphatic carbocycles. The van der Waals surface area contributed by atoms with E-state index in [9.17, 15) is 10.1 Å². The third kappa shape index (κ3) is 5.53. The number of benzene rings is 4. The molecule has 160 valence electrons. The Kier molecular flexibility index (Phi) is 6.49.